The number of nitrogens with zero attached hydrogens (tertiary/aromatic N) is 3. The summed E-state index contributed by atoms with van der Waals surface area (Å²) in [7, 11) is 0. The molecule has 2 fully saturated rings. The molecule has 0 aromatic carbocycles. The van der Waals surface area contributed by atoms with Gasteiger partial charge in [-0.2, -0.15) is 5.10 Å². The Kier molecular flexibility index (Phi) is 3.99. The molecule has 116 valence electrons. The predicted molar refractivity (Wildman–Crippen MR) is 80.0 cm³/mol. The van der Waals surface area contributed by atoms with Gasteiger partial charge in [0.15, 0.2) is 0 Å². The third-order valence-electron chi connectivity index (χ3n) is 4.61. The minimum atomic E-state index is -0.191. The third kappa shape index (κ3) is 2.96. The highest BCUT2D eigenvalue weighted by Crippen LogP contribution is 2.35. The van der Waals surface area contributed by atoms with Gasteiger partial charge in [0.05, 0.1) is 18.8 Å². The number of carbonyl (C=O) groups excluding carboxylic acids is 1. The Balaban J connectivity index is 1.61. The highest BCUT2D eigenvalue weighted by molar-refractivity contribution is 5.91. The summed E-state index contributed by atoms with van der Waals surface area (Å²) in [6, 6.07) is 2.77. The number of aliphatic hydroxyl groups excluding tert-OH is 1. The van der Waals surface area contributed by atoms with E-state index in [1.54, 1.807) is 6.20 Å². The van der Waals surface area contributed by atoms with Crippen molar-refractivity contribution in [3.63, 3.8) is 0 Å². The van der Waals surface area contributed by atoms with Crippen LogP contribution in [0.4, 0.5) is 5.82 Å². The molecule has 2 aliphatic rings. The van der Waals surface area contributed by atoms with Crippen LogP contribution in [0.1, 0.15) is 45.6 Å². The zero-order chi connectivity index (χ0) is 15.0. The molecule has 3 rings (SSSR count). The number of aliphatic hydroxyl groups is 1. The summed E-state index contributed by atoms with van der Waals surface area (Å²) in [5, 5.41) is 17.0. The summed E-state index contributed by atoms with van der Waals surface area (Å²) in [6.45, 7) is 4.48. The fourth-order valence-electron chi connectivity index (χ4n) is 3.68. The van der Waals surface area contributed by atoms with Crippen LogP contribution in [0.2, 0.25) is 0 Å². The third-order valence-corrected chi connectivity index (χ3v) is 4.61. The van der Waals surface area contributed by atoms with Gasteiger partial charge in [-0.05, 0) is 39.5 Å². The van der Waals surface area contributed by atoms with Crippen LogP contribution in [0.3, 0.4) is 0 Å². The summed E-state index contributed by atoms with van der Waals surface area (Å²) in [4.78, 5) is 14.6. The number of nitrogens with one attached hydrogen (secondary N) is 1. The second-order valence-corrected chi connectivity index (χ2v) is 6.49. The van der Waals surface area contributed by atoms with Gasteiger partial charge in [-0.25, -0.2) is 4.68 Å². The lowest BCUT2D eigenvalue weighted by atomic mass is 10.00. The molecule has 3 heterocycles. The smallest absolute Gasteiger partial charge is 0.239 e. The molecule has 1 aromatic heterocycles. The quantitative estimate of drug-likeness (QED) is 0.880. The van der Waals surface area contributed by atoms with E-state index in [0.29, 0.717) is 18.6 Å². The van der Waals surface area contributed by atoms with E-state index in [1.807, 2.05) is 24.6 Å². The van der Waals surface area contributed by atoms with Gasteiger partial charge in [0.25, 0.3) is 0 Å². The van der Waals surface area contributed by atoms with Gasteiger partial charge in [0.2, 0.25) is 5.91 Å². The highest BCUT2D eigenvalue weighted by atomic mass is 16.3. The first-order valence-corrected chi connectivity index (χ1v) is 7.81. The Morgan fingerprint density at radius 1 is 1.43 bits per heavy atom. The molecule has 2 saturated heterocycles. The maximum absolute atomic E-state index is 12.3. The zero-order valence-electron chi connectivity index (χ0n) is 12.7. The van der Waals surface area contributed by atoms with Crippen molar-refractivity contribution in [1.29, 1.82) is 0 Å². The van der Waals surface area contributed by atoms with Gasteiger partial charge in [0.1, 0.15) is 5.82 Å². The van der Waals surface area contributed by atoms with Gasteiger partial charge >= 0.3 is 0 Å². The standard InChI is InChI=1S/C15H24N4O2/c1-10(2)19-14(5-6-16-19)17-15(21)9-18-11-3-4-12(18)8-13(20)7-11/h5-6,10-13,20H,3-4,7-9H2,1-2H3,(H,17,21). The molecule has 6 heteroatoms. The molecule has 2 atom stereocenters. The summed E-state index contributed by atoms with van der Waals surface area (Å²) in [5.74, 6) is 0.755. The lowest BCUT2D eigenvalue weighted by Gasteiger charge is -2.36. The average molecular weight is 292 g/mol. The Hall–Kier alpha value is -1.40. The van der Waals surface area contributed by atoms with Crippen molar-refractivity contribution < 1.29 is 9.90 Å². The molecule has 0 saturated carbocycles. The number of hydrogen-bond donors (Lipinski definition) is 2. The monoisotopic (exact) mass is 292 g/mol. The lowest BCUT2D eigenvalue weighted by Crippen LogP contribution is -2.48. The van der Waals surface area contributed by atoms with Crippen LogP contribution in [0, 0.1) is 0 Å². The topological polar surface area (TPSA) is 70.4 Å². The van der Waals surface area contributed by atoms with Crippen LogP contribution in [0.15, 0.2) is 12.3 Å². The van der Waals surface area contributed by atoms with Crippen LogP contribution < -0.4 is 5.32 Å². The Bertz CT molecular complexity index is 500. The maximum Gasteiger partial charge on any atom is 0.239 e. The average Bonchev–Trinajstić information content (AvgIpc) is 2.94. The fourth-order valence-corrected chi connectivity index (χ4v) is 3.68. The van der Waals surface area contributed by atoms with Crippen LogP contribution in [0.25, 0.3) is 0 Å². The Labute approximate surface area is 125 Å². The Morgan fingerprint density at radius 2 is 2.10 bits per heavy atom. The fraction of sp³-hybridized carbons (Fsp3) is 0.733. The molecule has 2 aliphatic heterocycles. The molecule has 2 N–H and O–H groups in total. The SMILES string of the molecule is CC(C)n1nccc1NC(=O)CN1C2CCC1CC(O)C2. The highest BCUT2D eigenvalue weighted by Gasteiger charge is 2.40. The van der Waals surface area contributed by atoms with Gasteiger partial charge in [0, 0.05) is 24.2 Å². The minimum Gasteiger partial charge on any atom is -0.393 e. The number of anilines is 1. The van der Waals surface area contributed by atoms with E-state index in [2.05, 4.69) is 15.3 Å². The molecule has 2 unspecified atom stereocenters. The normalized spacial score (nSPS) is 29.0. The van der Waals surface area contributed by atoms with Crippen molar-refractivity contribution in [3.05, 3.63) is 12.3 Å². The molecule has 2 bridgehead atoms. The first-order valence-electron chi connectivity index (χ1n) is 7.81. The van der Waals surface area contributed by atoms with Crippen LogP contribution in [-0.4, -0.2) is 50.4 Å². The summed E-state index contributed by atoms with van der Waals surface area (Å²) in [6.07, 6.45) is 5.31. The molecule has 0 radical (unpaired) electrons. The van der Waals surface area contributed by atoms with E-state index < -0.39 is 0 Å². The van der Waals surface area contributed by atoms with E-state index in [1.165, 1.54) is 0 Å². The molecule has 0 aliphatic carbocycles. The minimum absolute atomic E-state index is 0.00527. The molecule has 0 spiro atoms. The predicted octanol–water partition coefficient (Wildman–Crippen LogP) is 1.39. The van der Waals surface area contributed by atoms with E-state index in [0.717, 1.165) is 31.5 Å². The number of rotatable bonds is 4. The summed E-state index contributed by atoms with van der Waals surface area (Å²) in [5.41, 5.74) is 0. The molecule has 21 heavy (non-hydrogen) atoms. The van der Waals surface area contributed by atoms with E-state index in [4.69, 9.17) is 0 Å². The van der Waals surface area contributed by atoms with Gasteiger partial charge < -0.3 is 10.4 Å². The van der Waals surface area contributed by atoms with Gasteiger partial charge in [-0.3, -0.25) is 9.69 Å². The zero-order valence-corrected chi connectivity index (χ0v) is 12.7. The lowest BCUT2D eigenvalue weighted by molar-refractivity contribution is -0.119. The maximum atomic E-state index is 12.3. The second-order valence-electron chi connectivity index (χ2n) is 6.49. The number of fused-ring (bicyclic) bond motifs is 2. The first kappa shape index (κ1) is 14.5. The van der Waals surface area contributed by atoms with Crippen molar-refractivity contribution in [2.75, 3.05) is 11.9 Å². The number of amides is 1. The summed E-state index contributed by atoms with van der Waals surface area (Å²) < 4.78 is 1.81. The molecule has 1 amide bonds. The first-order chi connectivity index (χ1) is 10.0. The number of piperidine rings is 1. The second kappa shape index (κ2) is 5.77. The van der Waals surface area contributed by atoms with E-state index >= 15 is 0 Å². The van der Waals surface area contributed by atoms with Gasteiger partial charge in [-0.1, -0.05) is 0 Å². The van der Waals surface area contributed by atoms with Crippen molar-refractivity contribution in [2.45, 2.75) is 63.8 Å². The molecule has 1 aromatic rings. The summed E-state index contributed by atoms with van der Waals surface area (Å²) >= 11 is 0. The number of aromatic nitrogens is 2. The van der Waals surface area contributed by atoms with Crippen molar-refractivity contribution in [2.24, 2.45) is 0 Å². The molecular formula is C15H24N4O2. The van der Waals surface area contributed by atoms with E-state index in [9.17, 15) is 9.90 Å². The van der Waals surface area contributed by atoms with Crippen LogP contribution in [-0.2, 0) is 4.79 Å². The Morgan fingerprint density at radius 3 is 2.71 bits per heavy atom. The van der Waals surface area contributed by atoms with Crippen molar-refractivity contribution in [3.8, 4) is 0 Å². The molecular weight excluding hydrogens is 268 g/mol. The number of hydrogen-bond acceptors (Lipinski definition) is 4. The van der Waals surface area contributed by atoms with E-state index in [-0.39, 0.29) is 18.1 Å². The molecule has 6 nitrogen and oxygen atoms in total. The van der Waals surface area contributed by atoms with Gasteiger partial charge in [-0.15, -0.1) is 0 Å². The van der Waals surface area contributed by atoms with Crippen LogP contribution >= 0.6 is 0 Å². The van der Waals surface area contributed by atoms with Crippen molar-refractivity contribution >= 4 is 11.7 Å². The van der Waals surface area contributed by atoms with Crippen LogP contribution in [0.5, 0.6) is 0 Å². The van der Waals surface area contributed by atoms with Crippen molar-refractivity contribution in [1.82, 2.24) is 14.7 Å². The largest absolute Gasteiger partial charge is 0.393 e. The number of carbonyl (C=O) groups is 1.